The molecule has 0 fully saturated rings. The van der Waals surface area contributed by atoms with Gasteiger partial charge < -0.3 is 10.4 Å². The topological polar surface area (TPSA) is 49.3 Å². The van der Waals surface area contributed by atoms with Crippen molar-refractivity contribution in [2.75, 3.05) is 6.61 Å². The Kier molecular flexibility index (Phi) is 5.28. The lowest BCUT2D eigenvalue weighted by Gasteiger charge is -2.30. The average Bonchev–Trinajstić information content (AvgIpc) is 2.36. The van der Waals surface area contributed by atoms with Crippen LogP contribution in [0, 0.1) is 5.82 Å². The van der Waals surface area contributed by atoms with Gasteiger partial charge in [0.1, 0.15) is 5.82 Å². The molecule has 18 heavy (non-hydrogen) atoms. The second-order valence-corrected chi connectivity index (χ2v) is 5.08. The summed E-state index contributed by atoms with van der Waals surface area (Å²) >= 11 is 3.16. The van der Waals surface area contributed by atoms with Crippen LogP contribution in [-0.4, -0.2) is 23.2 Å². The lowest BCUT2D eigenvalue weighted by Crippen LogP contribution is -2.50. The Morgan fingerprint density at radius 2 is 2.06 bits per heavy atom. The summed E-state index contributed by atoms with van der Waals surface area (Å²) < 4.78 is 13.3. The minimum atomic E-state index is -0.620. The molecule has 1 aromatic carbocycles. The number of aliphatic hydroxyl groups excluding tert-OH is 1. The Morgan fingerprint density at radius 1 is 1.44 bits per heavy atom. The average molecular weight is 318 g/mol. The summed E-state index contributed by atoms with van der Waals surface area (Å²) in [6.45, 7) is 3.68. The van der Waals surface area contributed by atoms with Gasteiger partial charge in [-0.2, -0.15) is 0 Å². The number of carbonyl (C=O) groups excluding carboxylic acids is 1. The van der Waals surface area contributed by atoms with Crippen LogP contribution in [0.3, 0.4) is 0 Å². The fourth-order valence-electron chi connectivity index (χ4n) is 1.67. The van der Waals surface area contributed by atoms with Crippen molar-refractivity contribution in [2.45, 2.75) is 32.2 Å². The van der Waals surface area contributed by atoms with Crippen LogP contribution in [0.5, 0.6) is 0 Å². The van der Waals surface area contributed by atoms with Gasteiger partial charge in [-0.1, -0.05) is 13.8 Å². The highest BCUT2D eigenvalue weighted by molar-refractivity contribution is 9.10. The Balaban J connectivity index is 2.94. The predicted molar refractivity (Wildman–Crippen MR) is 72.0 cm³/mol. The molecule has 3 nitrogen and oxygen atoms in total. The van der Waals surface area contributed by atoms with E-state index in [1.54, 1.807) is 0 Å². The molecular formula is C13H17BrFNO2. The summed E-state index contributed by atoms with van der Waals surface area (Å²) in [4.78, 5) is 12.1. The fourth-order valence-corrected chi connectivity index (χ4v) is 2.20. The van der Waals surface area contributed by atoms with Crippen LogP contribution in [0.25, 0.3) is 0 Å². The summed E-state index contributed by atoms with van der Waals surface area (Å²) in [5.41, 5.74) is -0.263. The normalized spacial score (nSPS) is 11.4. The molecule has 2 N–H and O–H groups in total. The largest absolute Gasteiger partial charge is 0.394 e. The van der Waals surface area contributed by atoms with Gasteiger partial charge in [0, 0.05) is 4.47 Å². The van der Waals surface area contributed by atoms with Crippen LogP contribution in [0.1, 0.15) is 37.0 Å². The number of amides is 1. The van der Waals surface area contributed by atoms with Crippen LogP contribution in [0.2, 0.25) is 0 Å². The number of carbonyl (C=O) groups is 1. The minimum absolute atomic E-state index is 0.120. The third-order valence-corrected chi connectivity index (χ3v) is 3.87. The molecule has 100 valence electrons. The van der Waals surface area contributed by atoms with Gasteiger partial charge in [0.25, 0.3) is 5.91 Å². The Bertz CT molecular complexity index is 425. The number of nitrogens with one attached hydrogen (secondary N) is 1. The van der Waals surface area contributed by atoms with Gasteiger partial charge in [0.15, 0.2) is 0 Å². The molecule has 0 aliphatic heterocycles. The van der Waals surface area contributed by atoms with E-state index in [9.17, 15) is 14.3 Å². The standard InChI is InChI=1S/C13H17BrFNO2/c1-3-13(4-2,8-17)16-12(18)10-6-5-9(15)7-11(10)14/h5-7,17H,3-4,8H2,1-2H3,(H,16,18). The van der Waals surface area contributed by atoms with Gasteiger partial charge in [0.2, 0.25) is 0 Å². The second-order valence-electron chi connectivity index (χ2n) is 4.22. The molecule has 5 heteroatoms. The molecule has 0 saturated heterocycles. The summed E-state index contributed by atoms with van der Waals surface area (Å²) in [7, 11) is 0. The van der Waals surface area contributed by atoms with Gasteiger partial charge in [-0.15, -0.1) is 0 Å². The Labute approximate surface area is 115 Å². The first-order valence-electron chi connectivity index (χ1n) is 5.86. The van der Waals surface area contributed by atoms with Crippen molar-refractivity contribution in [3.8, 4) is 0 Å². The third-order valence-electron chi connectivity index (χ3n) is 3.21. The van der Waals surface area contributed by atoms with Crippen molar-refractivity contribution in [1.29, 1.82) is 0 Å². The lowest BCUT2D eigenvalue weighted by atomic mass is 9.93. The number of hydrogen-bond donors (Lipinski definition) is 2. The molecule has 0 bridgehead atoms. The van der Waals surface area contributed by atoms with E-state index in [-0.39, 0.29) is 12.5 Å². The summed E-state index contributed by atoms with van der Waals surface area (Å²) in [6.07, 6.45) is 1.26. The maximum atomic E-state index is 12.9. The van der Waals surface area contributed by atoms with Gasteiger partial charge in [-0.3, -0.25) is 4.79 Å². The zero-order chi connectivity index (χ0) is 13.8. The molecule has 1 rings (SSSR count). The maximum absolute atomic E-state index is 12.9. The van der Waals surface area contributed by atoms with E-state index in [1.165, 1.54) is 18.2 Å². The highest BCUT2D eigenvalue weighted by Crippen LogP contribution is 2.20. The molecule has 0 unspecified atom stereocenters. The SMILES string of the molecule is CCC(CC)(CO)NC(=O)c1ccc(F)cc1Br. The smallest absolute Gasteiger partial charge is 0.252 e. The molecule has 0 radical (unpaired) electrons. The van der Waals surface area contributed by atoms with Gasteiger partial charge in [0.05, 0.1) is 17.7 Å². The van der Waals surface area contributed by atoms with Gasteiger partial charge >= 0.3 is 0 Å². The number of hydrogen-bond acceptors (Lipinski definition) is 2. The van der Waals surface area contributed by atoms with Crippen molar-refractivity contribution in [3.05, 3.63) is 34.1 Å². The predicted octanol–water partition coefficient (Wildman–Crippen LogP) is 2.87. The third kappa shape index (κ3) is 3.29. The molecule has 0 heterocycles. The first-order valence-corrected chi connectivity index (χ1v) is 6.65. The highest BCUT2D eigenvalue weighted by atomic mass is 79.9. The molecule has 0 atom stereocenters. The van der Waals surface area contributed by atoms with E-state index < -0.39 is 11.4 Å². The molecule has 0 spiro atoms. The van der Waals surface area contributed by atoms with Crippen LogP contribution >= 0.6 is 15.9 Å². The second kappa shape index (κ2) is 6.29. The number of halogens is 2. The first-order chi connectivity index (χ1) is 8.48. The van der Waals surface area contributed by atoms with Crippen LogP contribution in [0.4, 0.5) is 4.39 Å². The van der Waals surface area contributed by atoms with E-state index >= 15 is 0 Å². The summed E-state index contributed by atoms with van der Waals surface area (Å²) in [5.74, 6) is -0.725. The highest BCUT2D eigenvalue weighted by Gasteiger charge is 2.28. The number of aliphatic hydroxyl groups is 1. The summed E-state index contributed by atoms with van der Waals surface area (Å²) in [6, 6.07) is 3.90. The van der Waals surface area contributed by atoms with Crippen molar-refractivity contribution < 1.29 is 14.3 Å². The van der Waals surface area contributed by atoms with Crippen molar-refractivity contribution in [1.82, 2.24) is 5.32 Å². The Morgan fingerprint density at radius 3 is 2.50 bits per heavy atom. The minimum Gasteiger partial charge on any atom is -0.394 e. The Hall–Kier alpha value is -0.940. The van der Waals surface area contributed by atoms with Crippen LogP contribution in [0.15, 0.2) is 22.7 Å². The van der Waals surface area contributed by atoms with Crippen molar-refractivity contribution >= 4 is 21.8 Å². The maximum Gasteiger partial charge on any atom is 0.252 e. The molecule has 0 aliphatic rings. The zero-order valence-corrected chi connectivity index (χ0v) is 12.1. The molecule has 1 aromatic rings. The zero-order valence-electron chi connectivity index (χ0n) is 10.5. The van der Waals surface area contributed by atoms with E-state index in [1.807, 2.05) is 13.8 Å². The van der Waals surface area contributed by atoms with Crippen molar-refractivity contribution in [2.24, 2.45) is 0 Å². The summed E-state index contributed by atoms with van der Waals surface area (Å²) in [5, 5.41) is 12.2. The van der Waals surface area contributed by atoms with Crippen molar-refractivity contribution in [3.63, 3.8) is 0 Å². The monoisotopic (exact) mass is 317 g/mol. The quantitative estimate of drug-likeness (QED) is 0.877. The fraction of sp³-hybridized carbons (Fsp3) is 0.462. The van der Waals surface area contributed by atoms with E-state index in [2.05, 4.69) is 21.2 Å². The van der Waals surface area contributed by atoms with Gasteiger partial charge in [-0.25, -0.2) is 4.39 Å². The number of benzene rings is 1. The van der Waals surface area contributed by atoms with E-state index in [4.69, 9.17) is 0 Å². The first kappa shape index (κ1) is 15.1. The molecule has 0 aromatic heterocycles. The molecule has 1 amide bonds. The van der Waals surface area contributed by atoms with Gasteiger partial charge in [-0.05, 0) is 47.0 Å². The number of rotatable bonds is 5. The van der Waals surface area contributed by atoms with E-state index in [0.29, 0.717) is 22.9 Å². The molecular weight excluding hydrogens is 301 g/mol. The molecule has 0 aliphatic carbocycles. The molecule has 0 saturated carbocycles. The van der Waals surface area contributed by atoms with E-state index in [0.717, 1.165) is 0 Å². The lowest BCUT2D eigenvalue weighted by molar-refractivity contribution is 0.0817. The van der Waals surface area contributed by atoms with Crippen LogP contribution < -0.4 is 5.32 Å². The van der Waals surface area contributed by atoms with Crippen LogP contribution in [-0.2, 0) is 0 Å².